The van der Waals surface area contributed by atoms with Gasteiger partial charge in [-0.15, -0.1) is 0 Å². The minimum Gasteiger partial charge on any atom is -0.444 e. The first-order valence-electron chi connectivity index (χ1n) is 8.95. The molecule has 0 atom stereocenters. The summed E-state index contributed by atoms with van der Waals surface area (Å²) < 4.78 is 32.6. The van der Waals surface area contributed by atoms with E-state index in [0.29, 0.717) is 11.4 Å². The number of nitrogens with zero attached hydrogens (tertiary/aromatic N) is 2. The Balaban J connectivity index is 1.53. The number of hydrogen-bond acceptors (Lipinski definition) is 4. The Kier molecular flexibility index (Phi) is 5.16. The van der Waals surface area contributed by atoms with E-state index in [-0.39, 0.29) is 5.56 Å². The summed E-state index contributed by atoms with van der Waals surface area (Å²) in [6.45, 7) is 2.04. The molecule has 1 N–H and O–H groups in total. The number of benzene rings is 3. The van der Waals surface area contributed by atoms with Crippen molar-refractivity contribution in [2.45, 2.75) is 6.92 Å². The molecule has 0 fully saturated rings. The summed E-state index contributed by atoms with van der Waals surface area (Å²) >= 11 is 0. The zero-order chi connectivity index (χ0) is 20.2. The van der Waals surface area contributed by atoms with Crippen LogP contribution in [0, 0.1) is 18.6 Å². The third kappa shape index (κ3) is 4.06. The first kappa shape index (κ1) is 18.6. The molecule has 0 saturated heterocycles. The second kappa shape index (κ2) is 8.06. The number of hydrazone groups is 1. The van der Waals surface area contributed by atoms with Gasteiger partial charge in [-0.05, 0) is 53.9 Å². The quantitative estimate of drug-likeness (QED) is 0.334. The minimum atomic E-state index is -0.659. The second-order valence-electron chi connectivity index (χ2n) is 6.48. The summed E-state index contributed by atoms with van der Waals surface area (Å²) in [4.78, 5) is 3.96. The molecule has 0 aliphatic carbocycles. The number of nitrogens with one attached hydrogen (secondary N) is 1. The summed E-state index contributed by atoms with van der Waals surface area (Å²) in [5.74, 6) is -0.611. The molecule has 0 spiro atoms. The van der Waals surface area contributed by atoms with Crippen LogP contribution in [0.5, 0.6) is 0 Å². The van der Waals surface area contributed by atoms with Gasteiger partial charge in [0.1, 0.15) is 11.6 Å². The van der Waals surface area contributed by atoms with Crippen molar-refractivity contribution in [3.05, 3.63) is 96.0 Å². The summed E-state index contributed by atoms with van der Waals surface area (Å²) in [5.41, 5.74) is 7.47. The lowest BCUT2D eigenvalue weighted by atomic mass is 9.97. The van der Waals surface area contributed by atoms with Crippen molar-refractivity contribution in [1.29, 1.82) is 0 Å². The SMILES string of the molecule is Cc1ccc(-c2cnco2)cc1-c1ccc(N/N=C/c2c(F)cccc2F)cc1. The van der Waals surface area contributed by atoms with Gasteiger partial charge in [-0.1, -0.05) is 30.3 Å². The Hall–Kier alpha value is -3.80. The Morgan fingerprint density at radius 1 is 0.966 bits per heavy atom. The smallest absolute Gasteiger partial charge is 0.181 e. The number of oxazole rings is 1. The summed E-state index contributed by atoms with van der Waals surface area (Å²) in [7, 11) is 0. The van der Waals surface area contributed by atoms with E-state index in [1.54, 1.807) is 6.20 Å². The topological polar surface area (TPSA) is 50.4 Å². The molecule has 0 bridgehead atoms. The zero-order valence-corrected chi connectivity index (χ0v) is 15.6. The van der Waals surface area contributed by atoms with Crippen molar-refractivity contribution >= 4 is 11.9 Å². The monoisotopic (exact) mass is 389 g/mol. The van der Waals surface area contributed by atoms with Crippen LogP contribution in [0.1, 0.15) is 11.1 Å². The van der Waals surface area contributed by atoms with Crippen molar-refractivity contribution in [3.8, 4) is 22.5 Å². The van der Waals surface area contributed by atoms with Crippen LogP contribution in [-0.4, -0.2) is 11.2 Å². The van der Waals surface area contributed by atoms with E-state index in [9.17, 15) is 8.78 Å². The fourth-order valence-electron chi connectivity index (χ4n) is 2.97. The van der Waals surface area contributed by atoms with Gasteiger partial charge in [0.2, 0.25) is 0 Å². The van der Waals surface area contributed by atoms with Gasteiger partial charge in [0, 0.05) is 5.56 Å². The number of anilines is 1. The van der Waals surface area contributed by atoms with Crippen molar-refractivity contribution in [3.63, 3.8) is 0 Å². The van der Waals surface area contributed by atoms with Gasteiger partial charge < -0.3 is 4.42 Å². The maximum atomic E-state index is 13.6. The number of rotatable bonds is 5. The molecule has 29 heavy (non-hydrogen) atoms. The van der Waals surface area contributed by atoms with Gasteiger partial charge >= 0.3 is 0 Å². The highest BCUT2D eigenvalue weighted by Crippen LogP contribution is 2.30. The lowest BCUT2D eigenvalue weighted by Crippen LogP contribution is -1.96. The van der Waals surface area contributed by atoms with Crippen molar-refractivity contribution in [2.75, 3.05) is 5.43 Å². The van der Waals surface area contributed by atoms with Crippen LogP contribution in [0.2, 0.25) is 0 Å². The van der Waals surface area contributed by atoms with Gasteiger partial charge in [0.05, 0.1) is 23.7 Å². The molecule has 1 aromatic heterocycles. The first-order valence-corrected chi connectivity index (χ1v) is 8.95. The summed E-state index contributed by atoms with van der Waals surface area (Å²) in [6.07, 6.45) is 4.21. The maximum absolute atomic E-state index is 13.6. The van der Waals surface area contributed by atoms with Gasteiger partial charge in [0.15, 0.2) is 12.2 Å². The van der Waals surface area contributed by atoms with Crippen LogP contribution in [0.25, 0.3) is 22.5 Å². The predicted molar refractivity (Wildman–Crippen MR) is 110 cm³/mol. The van der Waals surface area contributed by atoms with E-state index in [4.69, 9.17) is 4.42 Å². The van der Waals surface area contributed by atoms with Crippen LogP contribution in [0.3, 0.4) is 0 Å². The molecule has 6 heteroatoms. The molecule has 4 rings (SSSR count). The molecule has 4 aromatic rings. The van der Waals surface area contributed by atoms with E-state index < -0.39 is 11.6 Å². The first-order chi connectivity index (χ1) is 14.1. The van der Waals surface area contributed by atoms with Crippen LogP contribution in [-0.2, 0) is 0 Å². The molecule has 4 nitrogen and oxygen atoms in total. The Labute approximate surface area is 166 Å². The standard InChI is InChI=1S/C23H17F2N3O/c1-15-5-6-17(23-13-26-14-29-23)11-19(15)16-7-9-18(10-8-16)28-27-12-20-21(24)3-2-4-22(20)25/h2-14,28H,1H3/b27-12+. The zero-order valence-electron chi connectivity index (χ0n) is 15.6. The van der Waals surface area contributed by atoms with Crippen LogP contribution < -0.4 is 5.43 Å². The highest BCUT2D eigenvalue weighted by molar-refractivity contribution is 5.81. The molecular weight excluding hydrogens is 372 g/mol. The Bertz CT molecular complexity index is 1130. The molecule has 0 aliphatic rings. The molecule has 0 radical (unpaired) electrons. The molecule has 0 unspecified atom stereocenters. The van der Waals surface area contributed by atoms with Gasteiger partial charge in [0.25, 0.3) is 0 Å². The van der Waals surface area contributed by atoms with Crippen molar-refractivity contribution < 1.29 is 13.2 Å². The third-order valence-electron chi connectivity index (χ3n) is 4.54. The number of aromatic nitrogens is 1. The van der Waals surface area contributed by atoms with E-state index in [1.165, 1.54) is 24.6 Å². The predicted octanol–water partition coefficient (Wildman–Crippen LogP) is 6.04. The van der Waals surface area contributed by atoms with Crippen LogP contribution in [0.4, 0.5) is 14.5 Å². The molecule has 0 aliphatic heterocycles. The normalized spacial score (nSPS) is 11.1. The van der Waals surface area contributed by atoms with E-state index in [0.717, 1.165) is 28.5 Å². The van der Waals surface area contributed by atoms with E-state index >= 15 is 0 Å². The molecule has 144 valence electrons. The molecule has 0 amide bonds. The molecule has 0 saturated carbocycles. The number of hydrogen-bond donors (Lipinski definition) is 1. The molecule has 3 aromatic carbocycles. The third-order valence-corrected chi connectivity index (χ3v) is 4.54. The highest BCUT2D eigenvalue weighted by Gasteiger charge is 2.08. The fourth-order valence-corrected chi connectivity index (χ4v) is 2.97. The van der Waals surface area contributed by atoms with Gasteiger partial charge in [-0.25, -0.2) is 13.8 Å². The lowest BCUT2D eigenvalue weighted by molar-refractivity contribution is 0.572. The van der Waals surface area contributed by atoms with Crippen molar-refractivity contribution in [2.24, 2.45) is 5.10 Å². The second-order valence-corrected chi connectivity index (χ2v) is 6.48. The number of aryl methyl sites for hydroxylation is 1. The Morgan fingerprint density at radius 2 is 1.69 bits per heavy atom. The largest absolute Gasteiger partial charge is 0.444 e. The fraction of sp³-hybridized carbons (Fsp3) is 0.0435. The summed E-state index contributed by atoms with van der Waals surface area (Å²) in [6, 6.07) is 17.4. The maximum Gasteiger partial charge on any atom is 0.181 e. The average molecular weight is 389 g/mol. The molecule has 1 heterocycles. The minimum absolute atomic E-state index is 0.184. The molecular formula is C23H17F2N3O. The van der Waals surface area contributed by atoms with Crippen molar-refractivity contribution in [1.82, 2.24) is 4.98 Å². The Morgan fingerprint density at radius 3 is 2.38 bits per heavy atom. The lowest BCUT2D eigenvalue weighted by Gasteiger charge is -2.09. The highest BCUT2D eigenvalue weighted by atomic mass is 19.1. The summed E-state index contributed by atoms with van der Waals surface area (Å²) in [5, 5.41) is 3.93. The van der Waals surface area contributed by atoms with Gasteiger partial charge in [-0.3, -0.25) is 5.43 Å². The van der Waals surface area contributed by atoms with Crippen LogP contribution in [0.15, 0.2) is 82.8 Å². The average Bonchev–Trinajstić information content (AvgIpc) is 3.26. The van der Waals surface area contributed by atoms with E-state index in [2.05, 4.69) is 21.6 Å². The van der Waals surface area contributed by atoms with Crippen LogP contribution >= 0.6 is 0 Å². The number of halogens is 2. The van der Waals surface area contributed by atoms with E-state index in [1.807, 2.05) is 43.3 Å². The van der Waals surface area contributed by atoms with Gasteiger partial charge in [-0.2, -0.15) is 5.10 Å².